The number of thioether (sulfide) groups is 1. The number of urea groups is 1. The van der Waals surface area contributed by atoms with E-state index in [1.807, 2.05) is 5.32 Å². The highest BCUT2D eigenvalue weighted by atomic mass is 32.2. The van der Waals surface area contributed by atoms with E-state index in [-0.39, 0.29) is 22.4 Å². The molecule has 0 unspecified atom stereocenters. The van der Waals surface area contributed by atoms with Crippen LogP contribution in [0, 0.1) is 0 Å². The minimum Gasteiger partial charge on any atom is -0.345 e. The maximum absolute atomic E-state index is 12.4. The molecule has 0 radical (unpaired) electrons. The fourth-order valence-electron chi connectivity index (χ4n) is 2.00. The zero-order chi connectivity index (χ0) is 18.2. The van der Waals surface area contributed by atoms with E-state index in [1.165, 1.54) is 12.3 Å². The van der Waals surface area contributed by atoms with Gasteiger partial charge in [0.1, 0.15) is 12.2 Å². The van der Waals surface area contributed by atoms with Crippen molar-refractivity contribution >= 4 is 41.4 Å². The Kier molecular flexibility index (Phi) is 4.24. The Morgan fingerprint density at radius 3 is 2.68 bits per heavy atom. The van der Waals surface area contributed by atoms with Crippen molar-refractivity contribution in [1.29, 1.82) is 0 Å². The summed E-state index contributed by atoms with van der Waals surface area (Å²) in [7, 11) is 0. The van der Waals surface area contributed by atoms with Gasteiger partial charge < -0.3 is 10.6 Å². The molecule has 0 bridgehead atoms. The number of halogens is 3. The number of fused-ring (bicyclic) bond motifs is 1. The average Bonchev–Trinajstić information content (AvgIpc) is 3.07. The van der Waals surface area contributed by atoms with Crippen molar-refractivity contribution in [3.63, 3.8) is 0 Å². The van der Waals surface area contributed by atoms with Crippen LogP contribution in [0.3, 0.4) is 0 Å². The highest BCUT2D eigenvalue weighted by Gasteiger charge is 2.28. The molecule has 3 heterocycles. The van der Waals surface area contributed by atoms with Crippen molar-refractivity contribution < 1.29 is 22.8 Å². The number of alkyl halides is 3. The van der Waals surface area contributed by atoms with Crippen LogP contribution in [0.15, 0.2) is 17.1 Å². The molecule has 3 N–H and O–H groups in total. The maximum Gasteiger partial charge on any atom is 0.405 e. The number of anilines is 1. The van der Waals surface area contributed by atoms with Crippen molar-refractivity contribution in [1.82, 2.24) is 30.2 Å². The zero-order valence-electron chi connectivity index (χ0n) is 12.5. The van der Waals surface area contributed by atoms with E-state index in [9.17, 15) is 22.8 Å². The normalized spacial score (nSPS) is 16.4. The highest BCUT2D eigenvalue weighted by Crippen LogP contribution is 2.21. The van der Waals surface area contributed by atoms with Gasteiger partial charge in [0.2, 0.25) is 5.95 Å². The van der Waals surface area contributed by atoms with Gasteiger partial charge in [-0.2, -0.15) is 27.8 Å². The summed E-state index contributed by atoms with van der Waals surface area (Å²) in [6, 6.07) is -0.667. The van der Waals surface area contributed by atoms with Gasteiger partial charge in [0, 0.05) is 5.56 Å². The Morgan fingerprint density at radius 1 is 1.32 bits per heavy atom. The summed E-state index contributed by atoms with van der Waals surface area (Å²) in [6.07, 6.45) is -0.135. The van der Waals surface area contributed by atoms with Crippen molar-refractivity contribution in [3.05, 3.63) is 17.5 Å². The lowest BCUT2D eigenvalue weighted by Crippen LogP contribution is -2.23. The lowest BCUT2D eigenvalue weighted by molar-refractivity contribution is -0.116. The number of nitrogens with one attached hydrogen (secondary N) is 3. The van der Waals surface area contributed by atoms with Gasteiger partial charge in [-0.25, -0.2) is 9.78 Å². The first-order valence-corrected chi connectivity index (χ1v) is 7.94. The summed E-state index contributed by atoms with van der Waals surface area (Å²) in [4.78, 5) is 30.9. The molecule has 1 aliphatic rings. The molecule has 3 amide bonds. The molecule has 1 saturated heterocycles. The smallest absolute Gasteiger partial charge is 0.345 e. The van der Waals surface area contributed by atoms with E-state index in [1.54, 1.807) is 6.26 Å². The maximum atomic E-state index is 12.4. The van der Waals surface area contributed by atoms with Crippen LogP contribution in [0.4, 0.5) is 23.9 Å². The molecule has 13 heteroatoms. The topological polar surface area (TPSA) is 113 Å². The highest BCUT2D eigenvalue weighted by molar-refractivity contribution is 7.98. The second-order valence-electron chi connectivity index (χ2n) is 4.80. The van der Waals surface area contributed by atoms with Crippen LogP contribution in [0.2, 0.25) is 0 Å². The molecule has 0 saturated carbocycles. The zero-order valence-corrected chi connectivity index (χ0v) is 13.3. The Bertz CT molecular complexity index is 893. The number of aromatic nitrogens is 4. The van der Waals surface area contributed by atoms with Crippen LogP contribution in [0.25, 0.3) is 11.7 Å². The van der Waals surface area contributed by atoms with Gasteiger partial charge in [-0.1, -0.05) is 11.8 Å². The van der Waals surface area contributed by atoms with Crippen LogP contribution in [-0.2, 0) is 4.79 Å². The number of nitrogens with zero attached hydrogens (tertiary/aromatic N) is 4. The number of rotatable bonds is 4. The molecule has 9 nitrogen and oxygen atoms in total. The van der Waals surface area contributed by atoms with Crippen LogP contribution < -0.4 is 16.0 Å². The molecule has 1 aliphatic heterocycles. The van der Waals surface area contributed by atoms with Gasteiger partial charge in [0.25, 0.3) is 5.91 Å². The predicted octanol–water partition coefficient (Wildman–Crippen LogP) is 1.00. The van der Waals surface area contributed by atoms with Crippen molar-refractivity contribution in [3.8, 4) is 0 Å². The minimum atomic E-state index is -4.43. The third-order valence-electron chi connectivity index (χ3n) is 3.02. The fraction of sp³-hybridized carbons (Fsp3) is 0.250. The molecule has 1 fully saturated rings. The minimum absolute atomic E-state index is 0.0194. The Morgan fingerprint density at radius 2 is 2.08 bits per heavy atom. The van der Waals surface area contributed by atoms with Gasteiger partial charge >= 0.3 is 12.2 Å². The van der Waals surface area contributed by atoms with E-state index >= 15 is 0 Å². The van der Waals surface area contributed by atoms with Crippen molar-refractivity contribution in [2.75, 3.05) is 18.1 Å². The van der Waals surface area contributed by atoms with Gasteiger partial charge in [0.05, 0.1) is 6.20 Å². The molecular formula is C12H10F3N7O2S. The first kappa shape index (κ1) is 17.0. The second-order valence-corrected chi connectivity index (χ2v) is 5.58. The Labute approximate surface area is 142 Å². The van der Waals surface area contributed by atoms with E-state index in [0.717, 1.165) is 16.3 Å². The van der Waals surface area contributed by atoms with E-state index in [0.29, 0.717) is 5.56 Å². The van der Waals surface area contributed by atoms with Gasteiger partial charge in [-0.05, 0) is 12.3 Å². The molecule has 0 aromatic carbocycles. The van der Waals surface area contributed by atoms with E-state index in [4.69, 9.17) is 0 Å². The van der Waals surface area contributed by atoms with Gasteiger partial charge in [-0.3, -0.25) is 10.1 Å². The summed E-state index contributed by atoms with van der Waals surface area (Å²) in [5.74, 6) is -0.768. The molecule has 132 valence electrons. The molecule has 0 atom stereocenters. The SMILES string of the molecule is CSc1nc(NCC(F)(F)F)n2ncc(/C=C3\NC(=O)NC3=O)c2n1. The first-order chi connectivity index (χ1) is 11.8. The van der Waals surface area contributed by atoms with Crippen LogP contribution in [0.1, 0.15) is 5.56 Å². The summed E-state index contributed by atoms with van der Waals surface area (Å²) >= 11 is 1.13. The number of imide groups is 1. The van der Waals surface area contributed by atoms with Gasteiger partial charge in [0.15, 0.2) is 10.8 Å². The predicted molar refractivity (Wildman–Crippen MR) is 81.8 cm³/mol. The van der Waals surface area contributed by atoms with Crippen LogP contribution in [-0.4, -0.2) is 50.5 Å². The second kappa shape index (κ2) is 6.23. The molecular weight excluding hydrogens is 363 g/mol. The molecule has 3 rings (SSSR count). The third kappa shape index (κ3) is 3.65. The summed E-state index contributed by atoms with van der Waals surface area (Å²) in [5.41, 5.74) is 0.500. The summed E-state index contributed by atoms with van der Waals surface area (Å²) in [5, 5.41) is 10.7. The van der Waals surface area contributed by atoms with Crippen molar-refractivity contribution in [2.45, 2.75) is 11.3 Å². The summed E-state index contributed by atoms with van der Waals surface area (Å²) in [6.45, 7) is -1.29. The fourth-order valence-corrected chi connectivity index (χ4v) is 2.36. The molecule has 2 aromatic heterocycles. The number of hydrogen-bond donors (Lipinski definition) is 3. The number of carbonyl (C=O) groups is 2. The third-order valence-corrected chi connectivity index (χ3v) is 3.57. The van der Waals surface area contributed by atoms with E-state index in [2.05, 4.69) is 25.7 Å². The number of carbonyl (C=O) groups excluding carboxylic acids is 2. The molecule has 0 aliphatic carbocycles. The monoisotopic (exact) mass is 373 g/mol. The largest absolute Gasteiger partial charge is 0.405 e. The summed E-state index contributed by atoms with van der Waals surface area (Å²) < 4.78 is 38.4. The number of amides is 3. The number of hydrogen-bond acceptors (Lipinski definition) is 7. The lowest BCUT2D eigenvalue weighted by Gasteiger charge is -2.10. The van der Waals surface area contributed by atoms with E-state index < -0.39 is 24.7 Å². The Balaban J connectivity index is 2.03. The molecule has 25 heavy (non-hydrogen) atoms. The van der Waals surface area contributed by atoms with Crippen molar-refractivity contribution in [2.24, 2.45) is 0 Å². The average molecular weight is 373 g/mol. The standard InChI is InChI=1S/C12H10F3N7O2S/c1-25-11-19-7-5(2-6-8(23)20-10(24)18-6)3-17-22(7)9(21-11)16-4-12(13,14)15/h2-3H,4H2,1H3,(H,16,19,21)(H2,18,20,23,24)/b6-2-. The molecule has 0 spiro atoms. The van der Waals surface area contributed by atoms with Gasteiger partial charge in [-0.15, -0.1) is 0 Å². The molecule has 2 aromatic rings. The first-order valence-electron chi connectivity index (χ1n) is 6.71. The van der Waals surface area contributed by atoms with Crippen LogP contribution in [0.5, 0.6) is 0 Å². The van der Waals surface area contributed by atoms with Crippen LogP contribution >= 0.6 is 11.8 Å². The Hall–Kier alpha value is -2.83. The quantitative estimate of drug-likeness (QED) is 0.416. The lowest BCUT2D eigenvalue weighted by atomic mass is 10.2.